The molecule has 0 spiro atoms. The third-order valence-corrected chi connectivity index (χ3v) is 3.50. The molecule has 3 rings (SSSR count). The Morgan fingerprint density at radius 2 is 2.09 bits per heavy atom. The van der Waals surface area contributed by atoms with Gasteiger partial charge in [0.2, 0.25) is 0 Å². The van der Waals surface area contributed by atoms with Crippen molar-refractivity contribution in [2.75, 3.05) is 6.61 Å². The zero-order chi connectivity index (χ0) is 15.9. The first-order chi connectivity index (χ1) is 10.6. The highest BCUT2D eigenvalue weighted by Gasteiger charge is 2.44. The number of hydrogen-bond donors (Lipinski definition) is 5. The van der Waals surface area contributed by atoms with Crippen LogP contribution in [0.2, 0.25) is 0 Å². The molecule has 22 heavy (non-hydrogen) atoms. The normalized spacial score (nSPS) is 29.3. The molecule has 0 aliphatic carbocycles. The van der Waals surface area contributed by atoms with Gasteiger partial charge in [-0.2, -0.15) is 0 Å². The lowest BCUT2D eigenvalue weighted by atomic mass is 10.1. The zero-order valence-electron chi connectivity index (χ0n) is 11.2. The van der Waals surface area contributed by atoms with E-state index in [9.17, 15) is 10.2 Å². The van der Waals surface area contributed by atoms with E-state index in [1.165, 1.54) is 17.2 Å². The zero-order valence-corrected chi connectivity index (χ0v) is 11.2. The number of imidazole rings is 1. The molecule has 1 aliphatic rings. The molecule has 0 aromatic carbocycles. The Morgan fingerprint density at radius 3 is 2.73 bits per heavy atom. The van der Waals surface area contributed by atoms with Gasteiger partial charge in [0.05, 0.1) is 12.9 Å². The van der Waals surface area contributed by atoms with Crippen molar-refractivity contribution < 1.29 is 25.3 Å². The molecule has 6 N–H and O–H groups in total. The van der Waals surface area contributed by atoms with Crippen molar-refractivity contribution in [1.29, 1.82) is 0 Å². The second-order valence-corrected chi connectivity index (χ2v) is 4.76. The van der Waals surface area contributed by atoms with E-state index in [1.54, 1.807) is 0 Å². The van der Waals surface area contributed by atoms with Crippen molar-refractivity contribution in [3.63, 3.8) is 0 Å². The fourth-order valence-electron chi connectivity index (χ4n) is 2.38. The fraction of sp³-hybridized carbons (Fsp3) is 0.455. The van der Waals surface area contributed by atoms with E-state index >= 15 is 0 Å². The fourth-order valence-corrected chi connectivity index (χ4v) is 2.38. The summed E-state index contributed by atoms with van der Waals surface area (Å²) in [5.74, 6) is -0.237. The van der Waals surface area contributed by atoms with E-state index in [1.807, 2.05) is 0 Å². The molecular formula is C11H14N6O5. The van der Waals surface area contributed by atoms with Gasteiger partial charge in [-0.05, 0) is 0 Å². The van der Waals surface area contributed by atoms with Crippen molar-refractivity contribution in [2.24, 2.45) is 10.9 Å². The van der Waals surface area contributed by atoms with E-state index in [0.717, 1.165) is 0 Å². The molecule has 4 atom stereocenters. The van der Waals surface area contributed by atoms with E-state index in [4.69, 9.17) is 20.8 Å². The number of oxime groups is 1. The average Bonchev–Trinajstić information content (AvgIpc) is 3.08. The molecular weight excluding hydrogens is 296 g/mol. The molecule has 0 bridgehead atoms. The van der Waals surface area contributed by atoms with E-state index < -0.39 is 31.1 Å². The molecule has 118 valence electrons. The van der Waals surface area contributed by atoms with Crippen LogP contribution in [0.15, 0.2) is 17.8 Å². The van der Waals surface area contributed by atoms with Crippen molar-refractivity contribution >= 4 is 17.0 Å². The van der Waals surface area contributed by atoms with Gasteiger partial charge >= 0.3 is 0 Å². The lowest BCUT2D eigenvalue weighted by Crippen LogP contribution is -2.33. The Kier molecular flexibility index (Phi) is 3.62. The Morgan fingerprint density at radius 1 is 1.32 bits per heavy atom. The first-order valence-electron chi connectivity index (χ1n) is 6.36. The van der Waals surface area contributed by atoms with Crippen LogP contribution in [0.25, 0.3) is 11.2 Å². The van der Waals surface area contributed by atoms with Crippen LogP contribution in [0.4, 0.5) is 0 Å². The van der Waals surface area contributed by atoms with Crippen LogP contribution in [0.3, 0.4) is 0 Å². The van der Waals surface area contributed by atoms with E-state index in [-0.39, 0.29) is 22.7 Å². The number of ether oxygens (including phenoxy) is 1. The standard InChI is InChI=1S/C11H14N6O5/c12-9(16-21)5-6-10(14-2-13-5)17(3-15-6)11-8(20)7(19)4(1-18)22-11/h2-4,7-8,11,18-21H,1H2,(H2,12,16). The highest BCUT2D eigenvalue weighted by atomic mass is 16.6. The summed E-state index contributed by atoms with van der Waals surface area (Å²) in [6.45, 7) is -0.439. The number of fused-ring (bicyclic) bond motifs is 1. The third-order valence-electron chi connectivity index (χ3n) is 3.50. The molecule has 0 saturated carbocycles. The van der Waals surface area contributed by atoms with Gasteiger partial charge in [-0.3, -0.25) is 4.57 Å². The lowest BCUT2D eigenvalue weighted by Gasteiger charge is -2.16. The van der Waals surface area contributed by atoms with Gasteiger partial charge in [0.1, 0.15) is 35.8 Å². The second kappa shape index (κ2) is 5.46. The van der Waals surface area contributed by atoms with Crippen molar-refractivity contribution in [1.82, 2.24) is 19.5 Å². The number of hydrogen-bond acceptors (Lipinski definition) is 9. The summed E-state index contributed by atoms with van der Waals surface area (Å²) in [7, 11) is 0. The first kappa shape index (κ1) is 14.6. The summed E-state index contributed by atoms with van der Waals surface area (Å²) in [6, 6.07) is 0. The summed E-state index contributed by atoms with van der Waals surface area (Å²) in [5, 5.41) is 40.6. The van der Waals surface area contributed by atoms with Crippen molar-refractivity contribution in [3.8, 4) is 0 Å². The van der Waals surface area contributed by atoms with Crippen LogP contribution in [0.5, 0.6) is 0 Å². The van der Waals surface area contributed by atoms with Gasteiger partial charge in [0, 0.05) is 0 Å². The largest absolute Gasteiger partial charge is 0.409 e. The second-order valence-electron chi connectivity index (χ2n) is 4.76. The summed E-state index contributed by atoms with van der Waals surface area (Å²) in [4.78, 5) is 12.0. The molecule has 11 heteroatoms. The molecule has 2 aromatic rings. The molecule has 0 amide bonds. The first-order valence-corrected chi connectivity index (χ1v) is 6.36. The van der Waals surface area contributed by atoms with Crippen LogP contribution in [-0.2, 0) is 4.74 Å². The summed E-state index contributed by atoms with van der Waals surface area (Å²) in [5.41, 5.74) is 6.16. The summed E-state index contributed by atoms with van der Waals surface area (Å²) in [6.07, 6.45) is -1.88. The minimum Gasteiger partial charge on any atom is -0.409 e. The van der Waals surface area contributed by atoms with Gasteiger partial charge in [0.25, 0.3) is 0 Å². The molecule has 11 nitrogen and oxygen atoms in total. The molecule has 1 aliphatic heterocycles. The molecule has 1 fully saturated rings. The maximum atomic E-state index is 10.0. The Hall–Kier alpha value is -2.34. The third kappa shape index (κ3) is 2.07. The Balaban J connectivity index is 2.07. The van der Waals surface area contributed by atoms with E-state index in [2.05, 4.69) is 20.1 Å². The maximum absolute atomic E-state index is 10.0. The Labute approximate surface area is 123 Å². The van der Waals surface area contributed by atoms with Crippen LogP contribution < -0.4 is 5.73 Å². The van der Waals surface area contributed by atoms with Crippen LogP contribution >= 0.6 is 0 Å². The summed E-state index contributed by atoms with van der Waals surface area (Å²) < 4.78 is 6.80. The lowest BCUT2D eigenvalue weighted by molar-refractivity contribution is -0.0511. The highest BCUT2D eigenvalue weighted by Crippen LogP contribution is 2.31. The Bertz CT molecular complexity index is 718. The SMILES string of the molecule is NC(=NO)c1ncnc2c1ncn2C1OC(CO)C(O)C1O. The highest BCUT2D eigenvalue weighted by molar-refractivity contribution is 6.04. The quantitative estimate of drug-likeness (QED) is 0.178. The predicted molar refractivity (Wildman–Crippen MR) is 70.8 cm³/mol. The van der Waals surface area contributed by atoms with Gasteiger partial charge in [0.15, 0.2) is 17.7 Å². The number of aliphatic hydroxyl groups is 3. The monoisotopic (exact) mass is 310 g/mol. The predicted octanol–water partition coefficient (Wildman–Crippen LogP) is -2.47. The van der Waals surface area contributed by atoms with Gasteiger partial charge in [-0.25, -0.2) is 15.0 Å². The number of nitrogens with zero attached hydrogens (tertiary/aromatic N) is 5. The average molecular weight is 310 g/mol. The minimum absolute atomic E-state index is 0.123. The minimum atomic E-state index is -1.27. The molecule has 0 radical (unpaired) electrons. The molecule has 3 heterocycles. The van der Waals surface area contributed by atoms with E-state index in [0.29, 0.717) is 0 Å². The number of nitrogens with two attached hydrogens (primary N) is 1. The summed E-state index contributed by atoms with van der Waals surface area (Å²) >= 11 is 0. The maximum Gasteiger partial charge on any atom is 0.191 e. The van der Waals surface area contributed by atoms with Crippen molar-refractivity contribution in [3.05, 3.63) is 18.3 Å². The van der Waals surface area contributed by atoms with Crippen LogP contribution in [0.1, 0.15) is 11.9 Å². The number of amidine groups is 1. The molecule has 2 aromatic heterocycles. The molecule has 4 unspecified atom stereocenters. The molecule has 1 saturated heterocycles. The smallest absolute Gasteiger partial charge is 0.191 e. The number of aliphatic hydroxyl groups excluding tert-OH is 3. The van der Waals surface area contributed by atoms with Crippen LogP contribution in [0, 0.1) is 0 Å². The van der Waals surface area contributed by atoms with Gasteiger partial charge in [-0.1, -0.05) is 5.16 Å². The topological polar surface area (TPSA) is 172 Å². The van der Waals surface area contributed by atoms with Crippen LogP contribution in [-0.4, -0.2) is 70.8 Å². The van der Waals surface area contributed by atoms with Gasteiger partial charge < -0.3 is 31.0 Å². The van der Waals surface area contributed by atoms with Crippen molar-refractivity contribution in [2.45, 2.75) is 24.5 Å². The number of aromatic nitrogens is 4. The van der Waals surface area contributed by atoms with Gasteiger partial charge in [-0.15, -0.1) is 0 Å². The number of rotatable bonds is 3.